The Morgan fingerprint density at radius 1 is 1.62 bits per heavy atom. The Morgan fingerprint density at radius 3 is 2.25 bits per heavy atom. The molecule has 0 spiro atoms. The summed E-state index contributed by atoms with van der Waals surface area (Å²) in [6, 6.07) is 0. The van der Waals surface area contributed by atoms with Crippen LogP contribution in [-0.4, -0.2) is 20.6 Å². The fourth-order valence-corrected chi connectivity index (χ4v) is 1.72. The van der Waals surface area contributed by atoms with E-state index in [2.05, 4.69) is 6.55 Å². The number of rotatable bonds is 3. The summed E-state index contributed by atoms with van der Waals surface area (Å²) in [5.74, 6) is 0. The molecular weight excluding hydrogens is 140 g/mol. The molecule has 0 N–H and O–H groups in total. The molecule has 0 aromatic carbocycles. The van der Waals surface area contributed by atoms with Crippen LogP contribution in [0.2, 0.25) is 6.55 Å². The molecule has 0 radical (unpaired) electrons. The van der Waals surface area contributed by atoms with Crippen molar-refractivity contribution in [3.63, 3.8) is 0 Å². The Morgan fingerprint density at radius 2 is 2.12 bits per heavy atom. The monoisotopic (exact) mass is 152 g/mol. The minimum Gasteiger partial charge on any atom is -0.417 e. The van der Waals surface area contributed by atoms with E-state index in [0.29, 0.717) is 6.10 Å². The summed E-state index contributed by atoms with van der Waals surface area (Å²) in [7, 11) is -0.974. The largest absolute Gasteiger partial charge is 0.417 e. The normalized spacial score (nSPS) is 14.6. The zero-order valence-corrected chi connectivity index (χ0v) is 7.56. The zero-order chi connectivity index (χ0) is 6.57. The number of alkyl halides is 1. The molecule has 0 aliphatic heterocycles. The highest BCUT2D eigenvalue weighted by atomic mass is 35.5. The predicted molar refractivity (Wildman–Crippen MR) is 40.0 cm³/mol. The van der Waals surface area contributed by atoms with Gasteiger partial charge >= 0.3 is 0 Å². The van der Waals surface area contributed by atoms with Crippen molar-refractivity contribution >= 4 is 20.6 Å². The first-order chi connectivity index (χ1) is 3.66. The van der Waals surface area contributed by atoms with Gasteiger partial charge in [0.15, 0.2) is 9.04 Å². The lowest BCUT2D eigenvalue weighted by molar-refractivity contribution is 0.247. The molecule has 0 saturated heterocycles. The van der Waals surface area contributed by atoms with Crippen LogP contribution in [0, 0.1) is 0 Å². The molecule has 0 rings (SSSR count). The van der Waals surface area contributed by atoms with Crippen LogP contribution in [-0.2, 0) is 4.43 Å². The van der Waals surface area contributed by atoms with Crippen molar-refractivity contribution in [1.82, 2.24) is 0 Å². The highest BCUT2D eigenvalue weighted by Gasteiger charge is 2.02. The molecule has 50 valence electrons. The lowest BCUT2D eigenvalue weighted by Crippen LogP contribution is -2.20. The number of hydrogen-bond donors (Lipinski definition) is 0. The molecule has 0 bridgehead atoms. The Balaban J connectivity index is 3.10. The second kappa shape index (κ2) is 4.36. The van der Waals surface area contributed by atoms with Gasteiger partial charge in [-0.05, 0) is 20.4 Å². The van der Waals surface area contributed by atoms with Gasteiger partial charge in [0.05, 0.1) is 0 Å². The van der Waals surface area contributed by atoms with E-state index in [-0.39, 0.29) is 0 Å². The van der Waals surface area contributed by atoms with Gasteiger partial charge in [-0.1, -0.05) is 0 Å². The van der Waals surface area contributed by atoms with Gasteiger partial charge in [0.25, 0.3) is 0 Å². The van der Waals surface area contributed by atoms with Gasteiger partial charge in [0.1, 0.15) is 0 Å². The third-order valence-electron chi connectivity index (χ3n) is 0.722. The second-order valence-corrected chi connectivity index (χ2v) is 5.28. The summed E-state index contributed by atoms with van der Waals surface area (Å²) in [4.78, 5) is 0. The molecule has 0 fully saturated rings. The summed E-state index contributed by atoms with van der Waals surface area (Å²) in [6.45, 7) is 6.18. The maximum absolute atomic E-state index is 5.53. The third kappa shape index (κ3) is 4.62. The lowest BCUT2D eigenvalue weighted by atomic mass is 10.5. The molecule has 0 heterocycles. The van der Waals surface area contributed by atoms with Crippen LogP contribution in [0.3, 0.4) is 0 Å². The molecule has 0 aromatic heterocycles. The van der Waals surface area contributed by atoms with Crippen molar-refractivity contribution in [2.45, 2.75) is 26.5 Å². The Labute approximate surface area is 57.7 Å². The van der Waals surface area contributed by atoms with Crippen molar-refractivity contribution in [2.75, 3.05) is 5.50 Å². The molecule has 0 amide bonds. The van der Waals surface area contributed by atoms with Gasteiger partial charge in [0.2, 0.25) is 0 Å². The predicted octanol–water partition coefficient (Wildman–Crippen LogP) is 1.54. The van der Waals surface area contributed by atoms with Crippen molar-refractivity contribution in [3.8, 4) is 0 Å². The van der Waals surface area contributed by atoms with E-state index in [0.717, 1.165) is 5.50 Å². The fraction of sp³-hybridized carbons (Fsp3) is 1.00. The number of hydrogen-bond acceptors (Lipinski definition) is 1. The Bertz CT molecular complexity index is 58.4. The van der Waals surface area contributed by atoms with E-state index in [1.807, 2.05) is 13.8 Å². The topological polar surface area (TPSA) is 9.23 Å². The van der Waals surface area contributed by atoms with E-state index in [1.165, 1.54) is 0 Å². The molecule has 8 heavy (non-hydrogen) atoms. The molecule has 0 aliphatic carbocycles. The number of halogens is 1. The molecule has 0 aliphatic rings. The van der Waals surface area contributed by atoms with Gasteiger partial charge in [-0.25, -0.2) is 0 Å². The van der Waals surface area contributed by atoms with Gasteiger partial charge in [-0.3, -0.25) is 0 Å². The molecular formula is C5H13ClOSi. The molecule has 0 saturated carbocycles. The Kier molecular flexibility index (Phi) is 4.61. The standard InChI is InChI=1S/C5H13ClOSi/c1-5(2)7-8(3)4-6/h5,8H,4H2,1-3H3. The fourth-order valence-electron chi connectivity index (χ4n) is 0.501. The van der Waals surface area contributed by atoms with Gasteiger partial charge in [0, 0.05) is 11.6 Å². The third-order valence-corrected chi connectivity index (χ3v) is 3.47. The van der Waals surface area contributed by atoms with Crippen LogP contribution in [0.1, 0.15) is 13.8 Å². The van der Waals surface area contributed by atoms with E-state index in [9.17, 15) is 0 Å². The van der Waals surface area contributed by atoms with Crippen LogP contribution < -0.4 is 0 Å². The van der Waals surface area contributed by atoms with Gasteiger partial charge in [-0.2, -0.15) is 0 Å². The van der Waals surface area contributed by atoms with Crippen molar-refractivity contribution < 1.29 is 4.43 Å². The lowest BCUT2D eigenvalue weighted by Gasteiger charge is -2.10. The second-order valence-electron chi connectivity index (χ2n) is 2.15. The average Bonchev–Trinajstić information content (AvgIpc) is 1.65. The highest BCUT2D eigenvalue weighted by molar-refractivity contribution is 6.60. The quantitative estimate of drug-likeness (QED) is 0.441. The van der Waals surface area contributed by atoms with Gasteiger partial charge in [-0.15, -0.1) is 11.6 Å². The van der Waals surface area contributed by atoms with Crippen LogP contribution in [0.15, 0.2) is 0 Å². The first-order valence-electron chi connectivity index (χ1n) is 2.88. The maximum atomic E-state index is 5.53. The van der Waals surface area contributed by atoms with Crippen LogP contribution in [0.4, 0.5) is 0 Å². The molecule has 1 atom stereocenters. The van der Waals surface area contributed by atoms with Crippen molar-refractivity contribution in [3.05, 3.63) is 0 Å². The SMILES string of the molecule is CC(C)O[SiH](C)CCl. The highest BCUT2D eigenvalue weighted by Crippen LogP contribution is 1.94. The summed E-state index contributed by atoms with van der Waals surface area (Å²) in [5.41, 5.74) is 0.720. The Hall–Kier alpha value is 0.467. The zero-order valence-electron chi connectivity index (χ0n) is 5.65. The van der Waals surface area contributed by atoms with Crippen molar-refractivity contribution in [2.24, 2.45) is 0 Å². The molecule has 0 aromatic rings. The molecule has 1 nitrogen and oxygen atoms in total. The summed E-state index contributed by atoms with van der Waals surface area (Å²) < 4.78 is 5.41. The van der Waals surface area contributed by atoms with E-state index in [1.54, 1.807) is 0 Å². The first-order valence-corrected chi connectivity index (χ1v) is 5.86. The summed E-state index contributed by atoms with van der Waals surface area (Å²) in [5, 5.41) is 0. The minimum atomic E-state index is -0.974. The first kappa shape index (κ1) is 8.47. The maximum Gasteiger partial charge on any atom is 0.188 e. The summed E-state index contributed by atoms with van der Waals surface area (Å²) >= 11 is 5.53. The minimum absolute atomic E-state index is 0.357. The van der Waals surface area contributed by atoms with Crippen molar-refractivity contribution in [1.29, 1.82) is 0 Å². The van der Waals surface area contributed by atoms with E-state index < -0.39 is 9.04 Å². The average molecular weight is 153 g/mol. The van der Waals surface area contributed by atoms with Crippen LogP contribution in [0.25, 0.3) is 0 Å². The smallest absolute Gasteiger partial charge is 0.188 e. The molecule has 1 unspecified atom stereocenters. The van der Waals surface area contributed by atoms with Crippen LogP contribution in [0.5, 0.6) is 0 Å². The molecule has 3 heteroatoms. The van der Waals surface area contributed by atoms with E-state index in [4.69, 9.17) is 16.0 Å². The van der Waals surface area contributed by atoms with Crippen LogP contribution >= 0.6 is 11.6 Å². The van der Waals surface area contributed by atoms with E-state index >= 15 is 0 Å². The van der Waals surface area contributed by atoms with Gasteiger partial charge < -0.3 is 4.43 Å². The summed E-state index contributed by atoms with van der Waals surface area (Å²) in [6.07, 6.45) is 0.357.